The highest BCUT2D eigenvalue weighted by Crippen LogP contribution is 2.23. The Kier molecular flexibility index (Phi) is 41.0. The van der Waals surface area contributed by atoms with Crippen LogP contribution in [0.25, 0.3) is 0 Å². The SMILES string of the molecule is CCCCCCCCCCCCCCCCCCCCCCCCC/C=C/CCCC(O)C(O)C(COC1OC(CO)C(O)C(O)C1O)NC(=O)C(O)CCCCCCCCCCC. The molecule has 0 bridgehead atoms. The van der Waals surface area contributed by atoms with Gasteiger partial charge in [-0.1, -0.05) is 225 Å². The highest BCUT2D eigenvalue weighted by atomic mass is 16.7. The second kappa shape index (κ2) is 43.2. The average molecular weight is 914 g/mol. The van der Waals surface area contributed by atoms with Crippen LogP contribution in [0.1, 0.15) is 251 Å². The minimum atomic E-state index is -1.66. The maximum Gasteiger partial charge on any atom is 0.249 e. The van der Waals surface area contributed by atoms with Gasteiger partial charge in [0, 0.05) is 0 Å². The van der Waals surface area contributed by atoms with Gasteiger partial charge in [-0.25, -0.2) is 0 Å². The van der Waals surface area contributed by atoms with E-state index in [4.69, 9.17) is 9.47 Å². The quantitative estimate of drug-likeness (QED) is 0.0216. The van der Waals surface area contributed by atoms with Gasteiger partial charge in [0.15, 0.2) is 6.29 Å². The van der Waals surface area contributed by atoms with Gasteiger partial charge in [0.2, 0.25) is 5.91 Å². The van der Waals surface area contributed by atoms with E-state index in [1.807, 2.05) is 0 Å². The van der Waals surface area contributed by atoms with E-state index in [0.29, 0.717) is 12.8 Å². The van der Waals surface area contributed by atoms with E-state index in [9.17, 15) is 40.5 Å². The summed E-state index contributed by atoms with van der Waals surface area (Å²) in [6.07, 6.45) is 37.3. The van der Waals surface area contributed by atoms with E-state index in [0.717, 1.165) is 38.5 Å². The minimum absolute atomic E-state index is 0.257. The van der Waals surface area contributed by atoms with Crippen molar-refractivity contribution in [2.24, 2.45) is 0 Å². The fraction of sp³-hybridized carbons (Fsp3) is 0.943. The summed E-state index contributed by atoms with van der Waals surface area (Å²) in [6, 6.07) is -1.18. The number of aliphatic hydroxyl groups is 7. The first-order chi connectivity index (χ1) is 31.2. The molecular weight excluding hydrogens is 811 g/mol. The Morgan fingerprint density at radius 3 is 1.34 bits per heavy atom. The van der Waals surface area contributed by atoms with Crippen LogP contribution >= 0.6 is 0 Å². The summed E-state index contributed by atoms with van der Waals surface area (Å²) in [5, 5.41) is 75.7. The second-order valence-electron chi connectivity index (χ2n) is 19.3. The molecule has 11 nitrogen and oxygen atoms in total. The van der Waals surface area contributed by atoms with Gasteiger partial charge in [0.25, 0.3) is 0 Å². The standard InChI is InChI=1S/C53H103NO10/c1-3-5-7-9-11-13-14-15-16-17-18-19-20-21-22-23-24-25-26-27-28-29-30-31-33-34-36-38-40-45(56)48(58)44(43-63-53-51(61)50(60)49(59)47(42-55)64-53)54-52(62)46(57)41-39-37-35-32-12-10-8-6-4-2/h33-34,44-51,53,55-61H,3-32,35-43H2,1-2H3,(H,54,62)/b34-33+. The maximum atomic E-state index is 13.0. The monoisotopic (exact) mass is 914 g/mol. The third-order valence-electron chi connectivity index (χ3n) is 13.3. The Balaban J connectivity index is 2.25. The minimum Gasteiger partial charge on any atom is -0.394 e. The maximum absolute atomic E-state index is 13.0. The predicted octanol–water partition coefficient (Wildman–Crippen LogP) is 10.4. The summed E-state index contributed by atoms with van der Waals surface area (Å²) in [6.45, 7) is 3.42. The molecule has 0 saturated carbocycles. The molecular formula is C53H103NO10. The van der Waals surface area contributed by atoms with Gasteiger partial charge >= 0.3 is 0 Å². The number of allylic oxidation sites excluding steroid dienone is 2. The Bertz CT molecular complexity index is 1050. The third kappa shape index (κ3) is 31.8. The first-order valence-corrected chi connectivity index (χ1v) is 27.1. The molecule has 0 radical (unpaired) electrons. The topological polar surface area (TPSA) is 189 Å². The van der Waals surface area contributed by atoms with Crippen LogP contribution in [0, 0.1) is 0 Å². The Hall–Kier alpha value is -1.15. The van der Waals surface area contributed by atoms with Crippen molar-refractivity contribution in [1.29, 1.82) is 0 Å². The van der Waals surface area contributed by atoms with E-state index in [-0.39, 0.29) is 12.8 Å². The summed E-state index contributed by atoms with van der Waals surface area (Å²) >= 11 is 0. The number of nitrogens with one attached hydrogen (secondary N) is 1. The molecule has 1 aliphatic rings. The number of carbonyl (C=O) groups is 1. The lowest BCUT2D eigenvalue weighted by molar-refractivity contribution is -0.303. The lowest BCUT2D eigenvalue weighted by Crippen LogP contribution is -2.60. The van der Waals surface area contributed by atoms with Crippen LogP contribution in [0.15, 0.2) is 12.2 Å². The van der Waals surface area contributed by atoms with E-state index < -0.39 is 74.2 Å². The van der Waals surface area contributed by atoms with Gasteiger partial charge in [0.1, 0.15) is 36.6 Å². The number of hydrogen-bond acceptors (Lipinski definition) is 10. The number of carbonyl (C=O) groups excluding carboxylic acids is 1. The molecule has 1 fully saturated rings. The van der Waals surface area contributed by atoms with Crippen LogP contribution in [0.4, 0.5) is 0 Å². The highest BCUT2D eigenvalue weighted by molar-refractivity contribution is 5.80. The molecule has 8 N–H and O–H groups in total. The van der Waals surface area contributed by atoms with Gasteiger partial charge in [-0.3, -0.25) is 4.79 Å². The molecule has 1 amide bonds. The van der Waals surface area contributed by atoms with E-state index >= 15 is 0 Å². The van der Waals surface area contributed by atoms with Gasteiger partial charge in [0.05, 0.1) is 25.4 Å². The zero-order chi connectivity index (χ0) is 46.9. The predicted molar refractivity (Wildman–Crippen MR) is 261 cm³/mol. The molecule has 64 heavy (non-hydrogen) atoms. The summed E-state index contributed by atoms with van der Waals surface area (Å²) in [7, 11) is 0. The number of unbranched alkanes of at least 4 members (excludes halogenated alkanes) is 32. The van der Waals surface area contributed by atoms with Crippen molar-refractivity contribution in [3.63, 3.8) is 0 Å². The van der Waals surface area contributed by atoms with Crippen molar-refractivity contribution in [3.05, 3.63) is 12.2 Å². The zero-order valence-corrected chi connectivity index (χ0v) is 41.3. The smallest absolute Gasteiger partial charge is 0.249 e. The van der Waals surface area contributed by atoms with Crippen molar-refractivity contribution in [3.8, 4) is 0 Å². The molecule has 1 heterocycles. The fourth-order valence-corrected chi connectivity index (χ4v) is 8.85. The van der Waals surface area contributed by atoms with Crippen LogP contribution in [-0.2, 0) is 14.3 Å². The van der Waals surface area contributed by atoms with Gasteiger partial charge in [-0.05, 0) is 38.5 Å². The molecule has 9 atom stereocenters. The highest BCUT2D eigenvalue weighted by Gasteiger charge is 2.44. The van der Waals surface area contributed by atoms with Crippen LogP contribution < -0.4 is 5.32 Å². The lowest BCUT2D eigenvalue weighted by atomic mass is 9.98. The number of rotatable bonds is 46. The molecule has 9 unspecified atom stereocenters. The summed E-state index contributed by atoms with van der Waals surface area (Å²) in [5.74, 6) is -0.707. The number of ether oxygens (including phenoxy) is 2. The van der Waals surface area contributed by atoms with Crippen molar-refractivity contribution in [2.75, 3.05) is 13.2 Å². The normalized spacial score (nSPS) is 21.0. The first-order valence-electron chi connectivity index (χ1n) is 27.1. The summed E-state index contributed by atoms with van der Waals surface area (Å²) in [5.41, 5.74) is 0. The third-order valence-corrected chi connectivity index (χ3v) is 13.3. The van der Waals surface area contributed by atoms with Gasteiger partial charge < -0.3 is 50.5 Å². The molecule has 11 heteroatoms. The number of aliphatic hydroxyl groups excluding tert-OH is 7. The average Bonchev–Trinajstić information content (AvgIpc) is 3.29. The Morgan fingerprint density at radius 1 is 0.531 bits per heavy atom. The second-order valence-corrected chi connectivity index (χ2v) is 19.3. The summed E-state index contributed by atoms with van der Waals surface area (Å²) < 4.78 is 11.1. The molecule has 1 rings (SSSR count). The van der Waals surface area contributed by atoms with E-state index in [1.165, 1.54) is 173 Å². The number of amides is 1. The summed E-state index contributed by atoms with van der Waals surface area (Å²) in [4.78, 5) is 13.0. The van der Waals surface area contributed by atoms with Gasteiger partial charge in [-0.15, -0.1) is 0 Å². The fourth-order valence-electron chi connectivity index (χ4n) is 8.85. The van der Waals surface area contributed by atoms with Crippen molar-refractivity contribution < 1.29 is 50.0 Å². The molecule has 0 aromatic rings. The molecule has 380 valence electrons. The van der Waals surface area contributed by atoms with Crippen LogP contribution in [0.5, 0.6) is 0 Å². The van der Waals surface area contributed by atoms with E-state index in [2.05, 4.69) is 31.3 Å². The molecule has 0 spiro atoms. The zero-order valence-electron chi connectivity index (χ0n) is 41.3. The lowest BCUT2D eigenvalue weighted by Gasteiger charge is -2.40. The molecule has 0 aromatic heterocycles. The molecule has 1 aliphatic heterocycles. The van der Waals surface area contributed by atoms with Crippen molar-refractivity contribution in [2.45, 2.75) is 306 Å². The van der Waals surface area contributed by atoms with Crippen molar-refractivity contribution in [1.82, 2.24) is 5.32 Å². The Labute approximate surface area is 392 Å². The Morgan fingerprint density at radius 2 is 0.922 bits per heavy atom. The van der Waals surface area contributed by atoms with Crippen LogP contribution in [0.2, 0.25) is 0 Å². The van der Waals surface area contributed by atoms with Crippen LogP contribution in [0.3, 0.4) is 0 Å². The van der Waals surface area contributed by atoms with E-state index in [1.54, 1.807) is 0 Å². The first kappa shape index (κ1) is 60.9. The van der Waals surface area contributed by atoms with Crippen molar-refractivity contribution >= 4 is 5.91 Å². The largest absolute Gasteiger partial charge is 0.394 e. The van der Waals surface area contributed by atoms with Gasteiger partial charge in [-0.2, -0.15) is 0 Å². The molecule has 0 aromatic carbocycles. The number of hydrogen-bond donors (Lipinski definition) is 8. The molecule has 0 aliphatic carbocycles. The van der Waals surface area contributed by atoms with Crippen LogP contribution in [-0.4, -0.2) is 110 Å². The molecule has 1 saturated heterocycles.